The summed E-state index contributed by atoms with van der Waals surface area (Å²) < 4.78 is 28.9. The van der Waals surface area contributed by atoms with Crippen molar-refractivity contribution in [2.24, 2.45) is 34.0 Å². The number of carbonyl (C=O) groups is 4. The number of piperidine rings is 1. The molecule has 3 N–H and O–H groups in total. The molecule has 2 amide bonds. The lowest BCUT2D eigenvalue weighted by Gasteiger charge is -2.61. The highest BCUT2D eigenvalue weighted by atomic mass is 19.1. The van der Waals surface area contributed by atoms with E-state index in [1.807, 2.05) is 20.8 Å². The van der Waals surface area contributed by atoms with Crippen LogP contribution in [0.25, 0.3) is 10.9 Å². The van der Waals surface area contributed by atoms with E-state index in [0.29, 0.717) is 44.3 Å². The number of halogens is 1. The number of carboxylic acids is 1. The van der Waals surface area contributed by atoms with Crippen LogP contribution in [0.15, 0.2) is 35.8 Å². The van der Waals surface area contributed by atoms with Crippen LogP contribution in [0, 0.1) is 39.8 Å². The first-order valence-electron chi connectivity index (χ1n) is 18.9. The third-order valence-corrected chi connectivity index (χ3v) is 14.1. The summed E-state index contributed by atoms with van der Waals surface area (Å²) in [6.45, 7) is 12.7. The standard InChI is InChI=1S/C40H50FN3O9/c1-6-38(4)19-31(39(5)21(2)9-13-40(22(3)34(38)47)14-10-30(45)33(39)40)53-37(51)42-36(50)52-24-11-15-43(16-12-24)29-18-28-25(17-27(29)41)32(46)26(35(48)49)20-44(28)23-7-8-23/h6,17-18,20-24,31,33-34,47H,1,7-16,19H2,2-5H3,(H,48,49)(H,42,50,51)/t21-,22+,31-,33?,34+,38-,39+,40?/m1/s1. The van der Waals surface area contributed by atoms with Gasteiger partial charge in [0.2, 0.25) is 5.43 Å². The molecule has 2 unspecified atom stereocenters. The molecule has 13 heteroatoms. The largest absolute Gasteiger partial charge is 0.477 e. The summed E-state index contributed by atoms with van der Waals surface area (Å²) in [5.74, 6) is -2.41. The van der Waals surface area contributed by atoms with Gasteiger partial charge in [0.1, 0.15) is 29.4 Å². The maximum Gasteiger partial charge on any atom is 0.416 e. The molecule has 2 bridgehead atoms. The highest BCUT2D eigenvalue weighted by Gasteiger charge is 2.68. The summed E-state index contributed by atoms with van der Waals surface area (Å²) in [7, 11) is 0. The smallest absolute Gasteiger partial charge is 0.416 e. The minimum atomic E-state index is -1.36. The fourth-order valence-electron chi connectivity index (χ4n) is 10.5. The molecular formula is C40H50FN3O9. The van der Waals surface area contributed by atoms with Crippen LogP contribution >= 0.6 is 0 Å². The molecule has 286 valence electrons. The second-order valence-electron chi connectivity index (χ2n) is 16.8. The topological polar surface area (TPSA) is 164 Å². The average molecular weight is 736 g/mol. The second kappa shape index (κ2) is 13.2. The number of carbonyl (C=O) groups excluding carboxylic acids is 3. The number of alkyl carbamates (subject to hydrolysis) is 2. The van der Waals surface area contributed by atoms with E-state index in [1.54, 1.807) is 21.6 Å². The number of pyridine rings is 1. The number of aromatic carboxylic acids is 1. The van der Waals surface area contributed by atoms with Gasteiger partial charge in [-0.05, 0) is 67.9 Å². The van der Waals surface area contributed by atoms with E-state index >= 15 is 4.39 Å². The van der Waals surface area contributed by atoms with Crippen molar-refractivity contribution in [1.29, 1.82) is 0 Å². The van der Waals surface area contributed by atoms with Crippen LogP contribution in [0.2, 0.25) is 0 Å². The minimum absolute atomic E-state index is 0.0141. The van der Waals surface area contributed by atoms with Gasteiger partial charge in [-0.3, -0.25) is 9.59 Å². The number of nitrogens with zero attached hydrogens (tertiary/aromatic N) is 2. The number of aromatic nitrogens is 1. The van der Waals surface area contributed by atoms with Gasteiger partial charge in [0, 0.05) is 66.7 Å². The Hall–Kier alpha value is -4.26. The predicted molar refractivity (Wildman–Crippen MR) is 193 cm³/mol. The third kappa shape index (κ3) is 6.03. The monoisotopic (exact) mass is 735 g/mol. The number of rotatable bonds is 6. The summed E-state index contributed by atoms with van der Waals surface area (Å²) in [6.07, 6.45) is 4.19. The first-order chi connectivity index (χ1) is 25.0. The molecule has 53 heavy (non-hydrogen) atoms. The van der Waals surface area contributed by atoms with Gasteiger partial charge in [-0.15, -0.1) is 6.58 Å². The zero-order chi connectivity index (χ0) is 38.2. The zero-order valence-corrected chi connectivity index (χ0v) is 30.9. The van der Waals surface area contributed by atoms with Crippen molar-refractivity contribution < 1.29 is 43.3 Å². The van der Waals surface area contributed by atoms with Crippen LogP contribution in [0.3, 0.4) is 0 Å². The number of anilines is 1. The summed E-state index contributed by atoms with van der Waals surface area (Å²) >= 11 is 0. The summed E-state index contributed by atoms with van der Waals surface area (Å²) in [5, 5.41) is 23.5. The normalized spacial score (nSPS) is 34.5. The van der Waals surface area contributed by atoms with Crippen LogP contribution in [-0.4, -0.2) is 70.1 Å². The van der Waals surface area contributed by atoms with Crippen molar-refractivity contribution >= 4 is 40.5 Å². The first kappa shape index (κ1) is 37.1. The lowest BCUT2D eigenvalue weighted by Crippen LogP contribution is -2.63. The third-order valence-electron chi connectivity index (χ3n) is 14.1. The van der Waals surface area contributed by atoms with E-state index < -0.39 is 75.4 Å². The van der Waals surface area contributed by atoms with E-state index in [1.165, 1.54) is 6.20 Å². The number of aliphatic hydroxyl groups excluding tert-OH is 1. The van der Waals surface area contributed by atoms with Crippen molar-refractivity contribution in [2.45, 2.75) is 110 Å². The average Bonchev–Trinajstić information content (AvgIpc) is 3.90. The Kier molecular flexibility index (Phi) is 9.26. The number of carboxylic acid groups (broad SMARTS) is 1. The number of hydrogen-bond acceptors (Lipinski definition) is 9. The van der Waals surface area contributed by atoms with Crippen molar-refractivity contribution in [3.8, 4) is 0 Å². The van der Waals surface area contributed by atoms with Crippen LogP contribution in [0.4, 0.5) is 19.7 Å². The Morgan fingerprint density at radius 2 is 1.70 bits per heavy atom. The number of nitrogens with one attached hydrogen (secondary N) is 1. The van der Waals surface area contributed by atoms with Crippen LogP contribution < -0.4 is 15.6 Å². The number of hydrogen-bond donors (Lipinski definition) is 3. The Morgan fingerprint density at radius 3 is 2.34 bits per heavy atom. The molecule has 1 saturated heterocycles. The van der Waals surface area contributed by atoms with E-state index in [4.69, 9.17) is 9.47 Å². The number of Topliss-reactive ketones (excluding diaryl/α,β-unsaturated/α-hetero) is 1. The molecule has 1 aromatic carbocycles. The van der Waals surface area contributed by atoms with E-state index in [0.717, 1.165) is 31.7 Å². The van der Waals surface area contributed by atoms with Gasteiger partial charge in [0.15, 0.2) is 0 Å². The number of ketones is 1. The maximum absolute atomic E-state index is 15.5. The minimum Gasteiger partial charge on any atom is -0.477 e. The quantitative estimate of drug-likeness (QED) is 0.284. The lowest BCUT2D eigenvalue weighted by atomic mass is 9.44. The molecule has 4 aliphatic carbocycles. The van der Waals surface area contributed by atoms with E-state index in [2.05, 4.69) is 18.8 Å². The molecule has 12 nitrogen and oxygen atoms in total. The predicted octanol–water partition coefficient (Wildman–Crippen LogP) is 6.37. The fourth-order valence-corrected chi connectivity index (χ4v) is 10.5. The van der Waals surface area contributed by atoms with Gasteiger partial charge in [0.25, 0.3) is 0 Å². The molecule has 8 atom stereocenters. The molecule has 2 heterocycles. The molecule has 2 aromatic rings. The Labute approximate surface area is 307 Å². The van der Waals surface area contributed by atoms with Gasteiger partial charge in [0.05, 0.1) is 17.3 Å². The van der Waals surface area contributed by atoms with Gasteiger partial charge < -0.3 is 29.2 Å². The number of aliphatic hydroxyl groups is 1. The molecule has 4 saturated carbocycles. The molecule has 0 radical (unpaired) electrons. The Bertz CT molecular complexity index is 1940. The number of imide groups is 1. The highest BCUT2D eigenvalue weighted by Crippen LogP contribution is 2.68. The number of amides is 2. The number of benzene rings is 1. The van der Waals surface area contributed by atoms with Gasteiger partial charge in [-0.1, -0.05) is 33.8 Å². The van der Waals surface area contributed by atoms with Crippen LogP contribution in [-0.2, 0) is 14.3 Å². The van der Waals surface area contributed by atoms with Crippen molar-refractivity contribution in [3.63, 3.8) is 0 Å². The van der Waals surface area contributed by atoms with Crippen molar-refractivity contribution in [2.75, 3.05) is 18.0 Å². The number of fused-ring (bicyclic) bond motifs is 1. The molecule has 5 fully saturated rings. The fraction of sp³-hybridized carbons (Fsp3) is 0.625. The van der Waals surface area contributed by atoms with Crippen molar-refractivity contribution in [1.82, 2.24) is 9.88 Å². The lowest BCUT2D eigenvalue weighted by molar-refractivity contribution is -0.191. The van der Waals surface area contributed by atoms with E-state index in [9.17, 15) is 34.2 Å². The Balaban J connectivity index is 1.03. The zero-order valence-electron chi connectivity index (χ0n) is 30.9. The molecule has 7 rings (SSSR count). The maximum atomic E-state index is 15.5. The molecule has 1 aliphatic heterocycles. The van der Waals surface area contributed by atoms with Crippen molar-refractivity contribution in [3.05, 3.63) is 52.6 Å². The molecular weight excluding hydrogens is 685 g/mol. The second-order valence-corrected chi connectivity index (χ2v) is 16.8. The van der Waals surface area contributed by atoms with Crippen LogP contribution in [0.5, 0.6) is 0 Å². The SMILES string of the molecule is C=C[C@]1(C)C[C@@H](OC(=O)NC(=O)OC2CCN(c3cc4c(cc3F)c(=O)c(C(=O)O)cn4C3CC3)CC2)[C@@]2(C)C3C(=O)CCC3(CC[C@H]2C)[C@@H](C)[C@@H]1O. The highest BCUT2D eigenvalue weighted by molar-refractivity contribution is 5.94. The number of ether oxygens (including phenoxy) is 2. The summed E-state index contributed by atoms with van der Waals surface area (Å²) in [5.41, 5.74) is -2.37. The first-order valence-corrected chi connectivity index (χ1v) is 18.9. The molecule has 5 aliphatic rings. The summed E-state index contributed by atoms with van der Waals surface area (Å²) in [6, 6.07) is 2.73. The van der Waals surface area contributed by atoms with Gasteiger partial charge >= 0.3 is 18.2 Å². The summed E-state index contributed by atoms with van der Waals surface area (Å²) in [4.78, 5) is 66.5. The van der Waals surface area contributed by atoms with E-state index in [-0.39, 0.29) is 41.2 Å². The molecule has 0 spiro atoms. The van der Waals surface area contributed by atoms with Gasteiger partial charge in [-0.2, -0.15) is 0 Å². The Morgan fingerprint density at radius 1 is 1.02 bits per heavy atom. The van der Waals surface area contributed by atoms with Gasteiger partial charge in [-0.25, -0.2) is 24.1 Å². The van der Waals surface area contributed by atoms with Crippen LogP contribution in [0.1, 0.15) is 102 Å². The molecule has 1 aromatic heterocycles.